The van der Waals surface area contributed by atoms with Crippen molar-refractivity contribution in [2.45, 2.75) is 19.9 Å². The summed E-state index contributed by atoms with van der Waals surface area (Å²) in [5.41, 5.74) is 1.91. The summed E-state index contributed by atoms with van der Waals surface area (Å²) in [6.45, 7) is 5.95. The summed E-state index contributed by atoms with van der Waals surface area (Å²) in [6, 6.07) is 9.01. The van der Waals surface area contributed by atoms with Crippen molar-refractivity contribution in [3.8, 4) is 5.75 Å². The Morgan fingerprint density at radius 2 is 1.97 bits per heavy atom. The van der Waals surface area contributed by atoms with Crippen molar-refractivity contribution in [1.29, 1.82) is 0 Å². The van der Waals surface area contributed by atoms with Crippen molar-refractivity contribution in [1.82, 2.24) is 19.7 Å². The van der Waals surface area contributed by atoms with Gasteiger partial charge < -0.3 is 24.5 Å². The molecule has 0 saturated heterocycles. The highest BCUT2D eigenvalue weighted by Crippen LogP contribution is 2.22. The van der Waals surface area contributed by atoms with Crippen molar-refractivity contribution in [3.05, 3.63) is 70.4 Å². The molecule has 0 bridgehead atoms. The number of hydrogen-bond donors (Lipinski definition) is 1. The second-order valence-electron chi connectivity index (χ2n) is 7.65. The van der Waals surface area contributed by atoms with Crippen LogP contribution in [0.5, 0.6) is 5.75 Å². The van der Waals surface area contributed by atoms with E-state index in [2.05, 4.69) is 16.7 Å². The van der Waals surface area contributed by atoms with Gasteiger partial charge in [-0.1, -0.05) is 23.7 Å². The second-order valence-corrected chi connectivity index (χ2v) is 8.08. The van der Waals surface area contributed by atoms with Crippen molar-refractivity contribution >= 4 is 30.6 Å². The third-order valence-corrected chi connectivity index (χ3v) is 5.15. The summed E-state index contributed by atoms with van der Waals surface area (Å²) in [7, 11) is 3.11. The van der Waals surface area contributed by atoms with Crippen LogP contribution in [-0.4, -0.2) is 77.8 Å². The molecule has 0 aliphatic rings. The van der Waals surface area contributed by atoms with Gasteiger partial charge in [0.1, 0.15) is 11.4 Å². The van der Waals surface area contributed by atoms with Gasteiger partial charge in [0.15, 0.2) is 12.6 Å². The minimum atomic E-state index is -0.399. The number of carbonyl (C=O) groups is 2. The number of halogens is 1. The molecule has 1 heterocycles. The van der Waals surface area contributed by atoms with Crippen molar-refractivity contribution in [2.75, 3.05) is 34.0 Å². The smallest absolute Gasteiger partial charge is 0.273 e. The normalized spacial score (nSPS) is 11.3. The number of aliphatic hydroxyl groups excluding tert-OH is 1. The largest absolute Gasteiger partial charge is 0.471 e. The number of benzene rings is 1. The van der Waals surface area contributed by atoms with Gasteiger partial charge in [-0.15, -0.1) is 0 Å². The topological polar surface area (TPSA) is 98.6 Å². The first-order chi connectivity index (χ1) is 16.3. The molecular formula is C24H30ClN5O4. The maximum atomic E-state index is 13.5. The van der Waals surface area contributed by atoms with E-state index in [0.717, 1.165) is 11.1 Å². The Hall–Kier alpha value is -3.43. The lowest BCUT2D eigenvalue weighted by Gasteiger charge is -2.31. The maximum Gasteiger partial charge on any atom is 0.273 e. The molecule has 0 saturated carbocycles. The molecule has 0 atom stereocenters. The van der Waals surface area contributed by atoms with E-state index in [1.807, 2.05) is 25.1 Å². The van der Waals surface area contributed by atoms with Gasteiger partial charge >= 0.3 is 0 Å². The van der Waals surface area contributed by atoms with Gasteiger partial charge in [0, 0.05) is 45.0 Å². The number of aliphatic hydroxyl groups is 1. The summed E-state index contributed by atoms with van der Waals surface area (Å²) in [6.07, 6.45) is 4.24. The summed E-state index contributed by atoms with van der Waals surface area (Å²) in [5.74, 6) is 0.207. The molecule has 0 unspecified atom stereocenters. The molecule has 0 radical (unpaired) electrons. The van der Waals surface area contributed by atoms with E-state index in [0.29, 0.717) is 30.1 Å². The summed E-state index contributed by atoms with van der Waals surface area (Å²) >= 11 is 6.04. The number of pyridine rings is 1. The van der Waals surface area contributed by atoms with Crippen LogP contribution in [0.25, 0.3) is 0 Å². The molecule has 1 N–H and O–H groups in total. The van der Waals surface area contributed by atoms with Crippen LogP contribution in [-0.2, 0) is 16.1 Å². The average Bonchev–Trinajstić information content (AvgIpc) is 2.84. The number of carbonyl (C=O) groups excluding carboxylic acids is 2. The van der Waals surface area contributed by atoms with Crippen LogP contribution in [0.1, 0.15) is 17.5 Å². The summed E-state index contributed by atoms with van der Waals surface area (Å²) < 4.78 is 5.97. The zero-order chi connectivity index (χ0) is 25.1. The van der Waals surface area contributed by atoms with Gasteiger partial charge in [-0.3, -0.25) is 14.6 Å². The van der Waals surface area contributed by atoms with E-state index in [4.69, 9.17) is 16.3 Å². The van der Waals surface area contributed by atoms with Crippen LogP contribution in [0, 0.1) is 6.92 Å². The Morgan fingerprint density at radius 1 is 1.26 bits per heavy atom. The minimum Gasteiger partial charge on any atom is -0.471 e. The fourth-order valence-corrected chi connectivity index (χ4v) is 3.25. The molecule has 2 rings (SSSR count). The van der Waals surface area contributed by atoms with Crippen LogP contribution in [0.2, 0.25) is 5.02 Å². The highest BCUT2D eigenvalue weighted by atomic mass is 35.5. The molecule has 0 spiro atoms. The molecule has 182 valence electrons. The lowest BCUT2D eigenvalue weighted by molar-refractivity contribution is -0.128. The number of hydrogen-bond acceptors (Lipinski definition) is 7. The Balaban J connectivity index is 2.53. The molecule has 10 heteroatoms. The summed E-state index contributed by atoms with van der Waals surface area (Å²) in [4.78, 5) is 37.6. The van der Waals surface area contributed by atoms with E-state index in [9.17, 15) is 14.7 Å². The average molecular weight is 488 g/mol. The number of rotatable bonds is 13. The maximum absolute atomic E-state index is 13.5. The second kappa shape index (κ2) is 13.3. The fourth-order valence-electron chi connectivity index (χ4n) is 3.12. The van der Waals surface area contributed by atoms with Crippen LogP contribution < -0.4 is 4.74 Å². The van der Waals surface area contributed by atoms with E-state index in [1.165, 1.54) is 16.8 Å². The zero-order valence-electron chi connectivity index (χ0n) is 19.6. The minimum absolute atomic E-state index is 0.0333. The first-order valence-electron chi connectivity index (χ1n) is 10.6. The predicted octanol–water partition coefficient (Wildman–Crippen LogP) is 2.68. The van der Waals surface area contributed by atoms with E-state index in [-0.39, 0.29) is 31.4 Å². The lowest BCUT2D eigenvalue weighted by atomic mass is 10.2. The number of aromatic nitrogens is 1. The molecule has 0 aliphatic carbocycles. The van der Waals surface area contributed by atoms with Gasteiger partial charge in [0.05, 0.1) is 6.20 Å². The number of likely N-dealkylation sites (N-methyl/N-ethyl adjacent to an activating group) is 1. The van der Waals surface area contributed by atoms with Crippen molar-refractivity contribution in [3.63, 3.8) is 0 Å². The van der Waals surface area contributed by atoms with Crippen LogP contribution in [0.15, 0.2) is 59.2 Å². The van der Waals surface area contributed by atoms with Gasteiger partial charge in [0.25, 0.3) is 5.91 Å². The molecule has 2 amide bonds. The number of amides is 2. The van der Waals surface area contributed by atoms with Crippen LogP contribution in [0.4, 0.5) is 0 Å². The van der Waals surface area contributed by atoms with Gasteiger partial charge in [0.2, 0.25) is 6.41 Å². The van der Waals surface area contributed by atoms with Crippen molar-refractivity contribution in [2.24, 2.45) is 4.99 Å². The standard InChI is InChI=1S/C24H30ClN5O4/c1-18-12-21(14-27-13-18)34-17-30(15-19-6-8-20(25)9-7-19)22(23(26-2)29(4)16-32)24(33)28(3)10-5-11-31/h6-9,12-14,16,31H,2,5,10-11,15,17H2,1,3-4H3/b23-22+. The van der Waals surface area contributed by atoms with Crippen molar-refractivity contribution < 1.29 is 19.4 Å². The Morgan fingerprint density at radius 3 is 2.56 bits per heavy atom. The van der Waals surface area contributed by atoms with Gasteiger partial charge in [-0.05, 0) is 49.4 Å². The molecule has 34 heavy (non-hydrogen) atoms. The van der Waals surface area contributed by atoms with E-state index >= 15 is 0 Å². The molecule has 1 aromatic heterocycles. The molecule has 0 fully saturated rings. The van der Waals surface area contributed by atoms with Gasteiger partial charge in [-0.25, -0.2) is 4.99 Å². The third kappa shape index (κ3) is 7.57. The van der Waals surface area contributed by atoms with Crippen LogP contribution in [0.3, 0.4) is 0 Å². The Bertz CT molecular complexity index is 1010. The zero-order valence-corrected chi connectivity index (χ0v) is 20.4. The fraction of sp³-hybridized carbons (Fsp3) is 0.333. The molecular weight excluding hydrogens is 458 g/mol. The first kappa shape index (κ1) is 26.8. The Labute approximate surface area is 204 Å². The van der Waals surface area contributed by atoms with Gasteiger partial charge in [-0.2, -0.15) is 0 Å². The molecule has 2 aromatic rings. The van der Waals surface area contributed by atoms with E-state index < -0.39 is 5.91 Å². The highest BCUT2D eigenvalue weighted by molar-refractivity contribution is 6.30. The van der Waals surface area contributed by atoms with Crippen LogP contribution >= 0.6 is 11.6 Å². The quantitative estimate of drug-likeness (QED) is 0.202. The number of nitrogens with zero attached hydrogens (tertiary/aromatic N) is 5. The monoisotopic (exact) mass is 487 g/mol. The molecule has 0 aliphatic heterocycles. The number of aliphatic imine (C=N–C) groups is 1. The van der Waals surface area contributed by atoms with E-state index in [1.54, 1.807) is 36.5 Å². The Kier molecular flexibility index (Phi) is 10.5. The third-order valence-electron chi connectivity index (χ3n) is 4.89. The molecule has 1 aromatic carbocycles. The lowest BCUT2D eigenvalue weighted by Crippen LogP contribution is -2.41. The molecule has 9 nitrogen and oxygen atoms in total. The first-order valence-corrected chi connectivity index (χ1v) is 11.0. The number of ether oxygens (including phenoxy) is 1. The SMILES string of the molecule is C=N/C(=C(/C(=O)N(C)CCCO)N(COc1cncc(C)c1)Cc1ccc(Cl)cc1)N(C)C=O. The highest BCUT2D eigenvalue weighted by Gasteiger charge is 2.28. The predicted molar refractivity (Wildman–Crippen MR) is 131 cm³/mol. The summed E-state index contributed by atoms with van der Waals surface area (Å²) in [5, 5.41) is 9.78. The number of aryl methyl sites for hydroxylation is 1.